The van der Waals surface area contributed by atoms with Gasteiger partial charge in [-0.3, -0.25) is 0 Å². The van der Waals surface area contributed by atoms with Crippen molar-refractivity contribution in [3.8, 4) is 0 Å². The van der Waals surface area contributed by atoms with Gasteiger partial charge in [-0.15, -0.1) is 0 Å². The summed E-state index contributed by atoms with van der Waals surface area (Å²) in [6.45, 7) is 9.35. The molecule has 0 atom stereocenters. The molecule has 0 N–H and O–H groups in total. The standard InChI is InChI=1S/C10H15NO2/c1-6(2)7(3)8-11-10(4,5)9(12)13-8/h1-5H3. The maximum Gasteiger partial charge on any atom is 0.340 e. The van der Waals surface area contributed by atoms with Gasteiger partial charge < -0.3 is 4.74 Å². The van der Waals surface area contributed by atoms with E-state index in [1.165, 1.54) is 0 Å². The first-order chi connectivity index (χ1) is 5.84. The minimum atomic E-state index is -0.716. The number of aliphatic imine (C=N–C) groups is 1. The molecule has 0 unspecified atom stereocenters. The fraction of sp³-hybridized carbons (Fsp3) is 0.600. The van der Waals surface area contributed by atoms with Crippen molar-refractivity contribution < 1.29 is 9.53 Å². The van der Waals surface area contributed by atoms with Crippen molar-refractivity contribution in [2.45, 2.75) is 40.2 Å². The van der Waals surface area contributed by atoms with E-state index in [1.54, 1.807) is 13.8 Å². The fourth-order valence-corrected chi connectivity index (χ4v) is 0.909. The van der Waals surface area contributed by atoms with Crippen molar-refractivity contribution in [3.05, 3.63) is 11.1 Å². The lowest BCUT2D eigenvalue weighted by atomic mass is 10.1. The van der Waals surface area contributed by atoms with Crippen LogP contribution in [0.3, 0.4) is 0 Å². The second-order valence-corrected chi connectivity index (χ2v) is 3.99. The first-order valence-corrected chi connectivity index (χ1v) is 4.31. The Hall–Kier alpha value is -1.12. The van der Waals surface area contributed by atoms with E-state index in [9.17, 15) is 4.79 Å². The van der Waals surface area contributed by atoms with Crippen LogP contribution in [-0.2, 0) is 9.53 Å². The molecule has 0 amide bonds. The average molecular weight is 181 g/mol. The molecule has 0 bridgehead atoms. The Morgan fingerprint density at radius 2 is 1.85 bits per heavy atom. The summed E-state index contributed by atoms with van der Waals surface area (Å²) in [5.41, 5.74) is 1.34. The van der Waals surface area contributed by atoms with E-state index >= 15 is 0 Å². The van der Waals surface area contributed by atoms with Gasteiger partial charge in [0.05, 0.1) is 0 Å². The highest BCUT2D eigenvalue weighted by Gasteiger charge is 2.37. The van der Waals surface area contributed by atoms with Gasteiger partial charge in [0, 0.05) is 5.57 Å². The zero-order chi connectivity index (χ0) is 10.2. The molecular weight excluding hydrogens is 166 g/mol. The van der Waals surface area contributed by atoms with Crippen LogP contribution in [0.4, 0.5) is 0 Å². The van der Waals surface area contributed by atoms with Gasteiger partial charge in [0.2, 0.25) is 5.90 Å². The molecule has 13 heavy (non-hydrogen) atoms. The number of hydrogen-bond donors (Lipinski definition) is 0. The Morgan fingerprint density at radius 1 is 1.31 bits per heavy atom. The Kier molecular flexibility index (Phi) is 2.28. The summed E-state index contributed by atoms with van der Waals surface area (Å²) < 4.78 is 5.05. The quantitative estimate of drug-likeness (QED) is 0.581. The average Bonchev–Trinajstić information content (AvgIpc) is 2.25. The molecule has 0 fully saturated rings. The third-order valence-corrected chi connectivity index (χ3v) is 2.14. The van der Waals surface area contributed by atoms with Crippen molar-refractivity contribution in [3.63, 3.8) is 0 Å². The van der Waals surface area contributed by atoms with Crippen LogP contribution in [0.25, 0.3) is 0 Å². The van der Waals surface area contributed by atoms with Crippen LogP contribution in [0, 0.1) is 0 Å². The second-order valence-electron chi connectivity index (χ2n) is 3.99. The molecule has 0 aromatic carbocycles. The number of rotatable bonds is 1. The van der Waals surface area contributed by atoms with Gasteiger partial charge in [-0.05, 0) is 34.6 Å². The maximum absolute atomic E-state index is 11.3. The lowest BCUT2D eigenvalue weighted by Crippen LogP contribution is -2.25. The minimum absolute atomic E-state index is 0.275. The van der Waals surface area contributed by atoms with Gasteiger partial charge in [0.15, 0.2) is 5.54 Å². The monoisotopic (exact) mass is 181 g/mol. The maximum atomic E-state index is 11.3. The SMILES string of the molecule is CC(C)=C(C)C1=NC(C)(C)C(=O)O1. The van der Waals surface area contributed by atoms with Crippen LogP contribution < -0.4 is 0 Å². The predicted molar refractivity (Wildman–Crippen MR) is 51.7 cm³/mol. The van der Waals surface area contributed by atoms with Crippen LogP contribution in [0.1, 0.15) is 34.6 Å². The number of carbonyl (C=O) groups is 1. The number of ether oxygens (including phenoxy) is 1. The fourth-order valence-electron chi connectivity index (χ4n) is 0.909. The van der Waals surface area contributed by atoms with Gasteiger partial charge >= 0.3 is 5.97 Å². The highest BCUT2D eigenvalue weighted by atomic mass is 16.6. The Bertz CT molecular complexity index is 307. The zero-order valence-electron chi connectivity index (χ0n) is 8.76. The van der Waals surface area contributed by atoms with E-state index in [-0.39, 0.29) is 5.97 Å². The van der Waals surface area contributed by atoms with Crippen molar-refractivity contribution in [2.24, 2.45) is 4.99 Å². The molecule has 0 aliphatic carbocycles. The number of esters is 1. The van der Waals surface area contributed by atoms with Crippen molar-refractivity contribution in [1.29, 1.82) is 0 Å². The first kappa shape index (κ1) is 9.96. The highest BCUT2D eigenvalue weighted by molar-refractivity contribution is 6.07. The molecule has 3 nitrogen and oxygen atoms in total. The number of nitrogens with zero attached hydrogens (tertiary/aromatic N) is 1. The molecule has 0 aromatic rings. The van der Waals surface area contributed by atoms with Gasteiger partial charge in [-0.25, -0.2) is 9.79 Å². The smallest absolute Gasteiger partial charge is 0.340 e. The third kappa shape index (κ3) is 1.79. The van der Waals surface area contributed by atoms with Crippen LogP contribution in [0.5, 0.6) is 0 Å². The van der Waals surface area contributed by atoms with Crippen LogP contribution in [0.15, 0.2) is 16.1 Å². The molecule has 3 heteroatoms. The molecule has 0 saturated carbocycles. The van der Waals surface area contributed by atoms with Gasteiger partial charge in [0.25, 0.3) is 0 Å². The molecule has 0 radical (unpaired) electrons. The van der Waals surface area contributed by atoms with Crippen LogP contribution >= 0.6 is 0 Å². The Morgan fingerprint density at radius 3 is 2.15 bits per heavy atom. The van der Waals surface area contributed by atoms with E-state index in [4.69, 9.17) is 4.74 Å². The topological polar surface area (TPSA) is 38.7 Å². The third-order valence-electron chi connectivity index (χ3n) is 2.14. The lowest BCUT2D eigenvalue weighted by molar-refractivity contribution is -0.137. The minimum Gasteiger partial charge on any atom is -0.406 e. The van der Waals surface area contributed by atoms with Crippen LogP contribution in [0.2, 0.25) is 0 Å². The Balaban J connectivity index is 3.02. The number of cyclic esters (lactones) is 1. The summed E-state index contributed by atoms with van der Waals surface area (Å²) in [4.78, 5) is 15.5. The largest absolute Gasteiger partial charge is 0.406 e. The van der Waals surface area contributed by atoms with Gasteiger partial charge in [-0.1, -0.05) is 5.57 Å². The van der Waals surface area contributed by atoms with Crippen LogP contribution in [-0.4, -0.2) is 17.4 Å². The number of allylic oxidation sites excluding steroid dienone is 1. The zero-order valence-corrected chi connectivity index (χ0v) is 8.76. The highest BCUT2D eigenvalue weighted by Crippen LogP contribution is 2.22. The second kappa shape index (κ2) is 2.98. The summed E-state index contributed by atoms with van der Waals surface area (Å²) in [6, 6.07) is 0. The molecule has 0 aromatic heterocycles. The van der Waals surface area contributed by atoms with Crippen molar-refractivity contribution >= 4 is 11.9 Å². The Labute approximate surface area is 78.5 Å². The molecule has 1 heterocycles. The summed E-state index contributed by atoms with van der Waals surface area (Å²) >= 11 is 0. The number of hydrogen-bond acceptors (Lipinski definition) is 3. The molecule has 1 aliphatic rings. The molecule has 0 spiro atoms. The molecular formula is C10H15NO2. The summed E-state index contributed by atoms with van der Waals surface area (Å²) in [5, 5.41) is 0. The van der Waals surface area contributed by atoms with Gasteiger partial charge in [0.1, 0.15) is 0 Å². The van der Waals surface area contributed by atoms with E-state index in [2.05, 4.69) is 4.99 Å². The first-order valence-electron chi connectivity index (χ1n) is 4.31. The predicted octanol–water partition coefficient (Wildman–Crippen LogP) is 2.08. The molecule has 72 valence electrons. The van der Waals surface area contributed by atoms with Gasteiger partial charge in [-0.2, -0.15) is 0 Å². The van der Waals surface area contributed by atoms with E-state index in [0.717, 1.165) is 11.1 Å². The van der Waals surface area contributed by atoms with E-state index in [1.807, 2.05) is 20.8 Å². The van der Waals surface area contributed by atoms with Crippen molar-refractivity contribution in [2.75, 3.05) is 0 Å². The molecule has 1 aliphatic heterocycles. The van der Waals surface area contributed by atoms with E-state index < -0.39 is 5.54 Å². The summed E-state index contributed by atoms with van der Waals surface area (Å²) in [7, 11) is 0. The van der Waals surface area contributed by atoms with E-state index in [0.29, 0.717) is 5.90 Å². The lowest BCUT2D eigenvalue weighted by Gasteiger charge is -2.05. The van der Waals surface area contributed by atoms with Crippen molar-refractivity contribution in [1.82, 2.24) is 0 Å². The molecule has 0 saturated heterocycles. The summed E-state index contributed by atoms with van der Waals surface area (Å²) in [6.07, 6.45) is 0. The normalized spacial score (nSPS) is 19.5. The number of carbonyl (C=O) groups excluding carboxylic acids is 1. The summed E-state index contributed by atoms with van der Waals surface area (Å²) in [5.74, 6) is 0.193. The molecule has 1 rings (SSSR count).